The predicted octanol–water partition coefficient (Wildman–Crippen LogP) is 1.90. The normalized spacial score (nSPS) is 11.4. The Morgan fingerprint density at radius 3 is 2.07 bits per heavy atom. The lowest BCUT2D eigenvalue weighted by Crippen LogP contribution is -2.30. The maximum atomic E-state index is 5.21. The van der Waals surface area contributed by atoms with Gasteiger partial charge in [0.25, 0.3) is 0 Å². The van der Waals surface area contributed by atoms with E-state index in [-0.39, 0.29) is 0 Å². The molecule has 0 bridgehead atoms. The summed E-state index contributed by atoms with van der Waals surface area (Å²) in [6.07, 6.45) is 1.79. The molecule has 0 spiro atoms. The van der Waals surface area contributed by atoms with Gasteiger partial charge < -0.3 is 9.47 Å². The Balaban J connectivity index is 3.00. The van der Waals surface area contributed by atoms with Gasteiger partial charge >= 0.3 is 0 Å². The van der Waals surface area contributed by atoms with Crippen LogP contribution < -0.4 is 0 Å². The van der Waals surface area contributed by atoms with Gasteiger partial charge in [0.15, 0.2) is 5.41 Å². The standard InChI is InChI=1S/C11H13O2Si/c1-4-9-5-7-10(8-6-9)11(14,12-2)13-3/h4-8H,1H2,2-3H3. The first-order valence-electron chi connectivity index (χ1n) is 4.24. The molecule has 1 aromatic carbocycles. The lowest BCUT2D eigenvalue weighted by molar-refractivity contribution is -0.148. The molecule has 14 heavy (non-hydrogen) atoms. The van der Waals surface area contributed by atoms with E-state index in [2.05, 4.69) is 16.8 Å². The summed E-state index contributed by atoms with van der Waals surface area (Å²) in [5.74, 6) is 0. The zero-order valence-electron chi connectivity index (χ0n) is 8.41. The molecule has 0 fully saturated rings. The zero-order chi connectivity index (χ0) is 10.6. The van der Waals surface area contributed by atoms with Crippen LogP contribution in [0.3, 0.4) is 0 Å². The molecule has 0 aromatic heterocycles. The van der Waals surface area contributed by atoms with Crippen LogP contribution in [0.1, 0.15) is 11.1 Å². The van der Waals surface area contributed by atoms with Gasteiger partial charge in [0.05, 0.1) is 0 Å². The molecule has 3 radical (unpaired) electrons. The highest BCUT2D eigenvalue weighted by Gasteiger charge is 2.24. The Labute approximate surface area is 88.0 Å². The van der Waals surface area contributed by atoms with Crippen molar-refractivity contribution < 1.29 is 9.47 Å². The Kier molecular flexibility index (Phi) is 3.63. The first kappa shape index (κ1) is 11.2. The highest BCUT2D eigenvalue weighted by Crippen LogP contribution is 2.22. The fourth-order valence-corrected chi connectivity index (χ4v) is 1.32. The van der Waals surface area contributed by atoms with Crippen LogP contribution in [0.5, 0.6) is 0 Å². The maximum Gasteiger partial charge on any atom is 0.168 e. The van der Waals surface area contributed by atoms with Gasteiger partial charge in [-0.2, -0.15) is 0 Å². The maximum absolute atomic E-state index is 5.21. The first-order chi connectivity index (χ1) is 6.66. The van der Waals surface area contributed by atoms with E-state index in [1.807, 2.05) is 24.3 Å². The summed E-state index contributed by atoms with van der Waals surface area (Å²) in [5.41, 5.74) is 1.11. The number of hydrogen-bond acceptors (Lipinski definition) is 2. The van der Waals surface area contributed by atoms with Crippen LogP contribution in [-0.4, -0.2) is 24.5 Å². The van der Waals surface area contributed by atoms with E-state index in [0.29, 0.717) is 0 Å². The van der Waals surface area contributed by atoms with Crippen molar-refractivity contribution in [2.24, 2.45) is 0 Å². The summed E-state index contributed by atoms with van der Waals surface area (Å²) < 4.78 is 10.4. The third-order valence-electron chi connectivity index (χ3n) is 2.10. The lowest BCUT2D eigenvalue weighted by Gasteiger charge is -2.26. The van der Waals surface area contributed by atoms with E-state index in [0.717, 1.165) is 11.1 Å². The molecule has 0 aliphatic rings. The molecule has 3 heteroatoms. The van der Waals surface area contributed by atoms with Crippen molar-refractivity contribution in [1.82, 2.24) is 0 Å². The molecule has 0 saturated heterocycles. The molecular weight excluding hydrogens is 192 g/mol. The van der Waals surface area contributed by atoms with Crippen molar-refractivity contribution in [3.05, 3.63) is 42.0 Å². The van der Waals surface area contributed by atoms with Crippen LogP contribution in [0.2, 0.25) is 0 Å². The molecule has 0 aliphatic heterocycles. The molecule has 1 rings (SSSR count). The van der Waals surface area contributed by atoms with E-state index >= 15 is 0 Å². The molecular formula is C11H13O2Si. The van der Waals surface area contributed by atoms with Gasteiger partial charge in [-0.1, -0.05) is 36.9 Å². The molecule has 2 nitrogen and oxygen atoms in total. The van der Waals surface area contributed by atoms with Crippen molar-refractivity contribution >= 4 is 16.3 Å². The van der Waals surface area contributed by atoms with Crippen molar-refractivity contribution in [3.8, 4) is 0 Å². The van der Waals surface area contributed by atoms with E-state index in [1.165, 1.54) is 0 Å². The molecule has 0 N–H and O–H groups in total. The van der Waals surface area contributed by atoms with Crippen LogP contribution in [0.4, 0.5) is 0 Å². The second-order valence-electron chi connectivity index (χ2n) is 2.85. The van der Waals surface area contributed by atoms with Crippen molar-refractivity contribution in [1.29, 1.82) is 0 Å². The molecule has 73 valence electrons. The largest absolute Gasteiger partial charge is 0.354 e. The lowest BCUT2D eigenvalue weighted by atomic mass is 10.1. The van der Waals surface area contributed by atoms with Crippen LogP contribution in [0.15, 0.2) is 30.8 Å². The monoisotopic (exact) mass is 205 g/mol. The molecule has 0 amide bonds. The summed E-state index contributed by atoms with van der Waals surface area (Å²) in [6, 6.07) is 7.76. The molecule has 0 atom stereocenters. The summed E-state index contributed by atoms with van der Waals surface area (Å²) >= 11 is 0. The topological polar surface area (TPSA) is 18.5 Å². The number of methoxy groups -OCH3 is 2. The van der Waals surface area contributed by atoms with Crippen molar-refractivity contribution in [3.63, 3.8) is 0 Å². The Hall–Kier alpha value is -0.903. The predicted molar refractivity (Wildman–Crippen MR) is 58.0 cm³/mol. The summed E-state index contributed by atoms with van der Waals surface area (Å²) in [4.78, 5) is 0. The minimum atomic E-state index is -0.861. The number of hydrogen-bond donors (Lipinski definition) is 0. The van der Waals surface area contributed by atoms with Gasteiger partial charge in [0.1, 0.15) is 10.2 Å². The average molecular weight is 205 g/mol. The van der Waals surface area contributed by atoms with Crippen LogP contribution in [-0.2, 0) is 14.9 Å². The minimum Gasteiger partial charge on any atom is -0.354 e. The molecule has 0 saturated carbocycles. The average Bonchev–Trinajstić information content (AvgIpc) is 2.28. The van der Waals surface area contributed by atoms with E-state index < -0.39 is 5.41 Å². The Morgan fingerprint density at radius 2 is 1.71 bits per heavy atom. The molecule has 0 unspecified atom stereocenters. The van der Waals surface area contributed by atoms with Gasteiger partial charge in [0, 0.05) is 19.8 Å². The highest BCUT2D eigenvalue weighted by atomic mass is 28.1. The third-order valence-corrected chi connectivity index (χ3v) is 2.80. The quantitative estimate of drug-likeness (QED) is 0.552. The van der Waals surface area contributed by atoms with Crippen LogP contribution >= 0.6 is 0 Å². The van der Waals surface area contributed by atoms with Gasteiger partial charge in [-0.3, -0.25) is 0 Å². The molecule has 0 heterocycles. The number of ether oxygens (including phenoxy) is 2. The van der Waals surface area contributed by atoms with E-state index in [4.69, 9.17) is 9.47 Å². The SMILES string of the molecule is C=Cc1ccc(C([Si])(OC)OC)cc1. The Morgan fingerprint density at radius 1 is 1.21 bits per heavy atom. The Bertz CT molecular complexity index is 302. The fourth-order valence-electron chi connectivity index (χ4n) is 1.16. The van der Waals surface area contributed by atoms with Crippen LogP contribution in [0.25, 0.3) is 6.08 Å². The highest BCUT2D eigenvalue weighted by molar-refractivity contribution is 6.13. The first-order valence-corrected chi connectivity index (χ1v) is 4.74. The summed E-state index contributed by atoms with van der Waals surface area (Å²) in [7, 11) is 6.59. The second-order valence-corrected chi connectivity index (χ2v) is 3.51. The van der Waals surface area contributed by atoms with Gasteiger partial charge in [-0.25, -0.2) is 0 Å². The van der Waals surface area contributed by atoms with Gasteiger partial charge in [-0.05, 0) is 5.56 Å². The minimum absolute atomic E-state index is 0.861. The summed E-state index contributed by atoms with van der Waals surface area (Å²) in [6.45, 7) is 3.69. The van der Waals surface area contributed by atoms with Gasteiger partial charge in [-0.15, -0.1) is 0 Å². The number of benzene rings is 1. The van der Waals surface area contributed by atoms with Crippen molar-refractivity contribution in [2.75, 3.05) is 14.2 Å². The second kappa shape index (κ2) is 4.55. The van der Waals surface area contributed by atoms with Crippen molar-refractivity contribution in [2.45, 2.75) is 5.41 Å². The third kappa shape index (κ3) is 2.12. The molecule has 1 aromatic rings. The van der Waals surface area contributed by atoms with Crippen LogP contribution in [0, 0.1) is 0 Å². The van der Waals surface area contributed by atoms with E-state index in [1.54, 1.807) is 20.3 Å². The number of rotatable bonds is 4. The van der Waals surface area contributed by atoms with Gasteiger partial charge in [0.2, 0.25) is 0 Å². The zero-order valence-corrected chi connectivity index (χ0v) is 9.41. The summed E-state index contributed by atoms with van der Waals surface area (Å²) in [5, 5.41) is 0. The molecule has 0 aliphatic carbocycles. The fraction of sp³-hybridized carbons (Fsp3) is 0.273. The van der Waals surface area contributed by atoms with E-state index in [9.17, 15) is 0 Å². The smallest absolute Gasteiger partial charge is 0.168 e.